The number of nitrogens with zero attached hydrogens (tertiary/aromatic N) is 5. The molecule has 0 bridgehead atoms. The molecule has 200 valence electrons. The third-order valence-electron chi connectivity index (χ3n) is 7.15. The van der Waals surface area contributed by atoms with Gasteiger partial charge in [-0.2, -0.15) is 5.10 Å². The zero-order valence-electron chi connectivity index (χ0n) is 21.7. The zero-order chi connectivity index (χ0) is 27.8. The molecule has 2 amide bonds. The molecule has 0 unspecified atom stereocenters. The summed E-state index contributed by atoms with van der Waals surface area (Å²) in [5.74, 6) is -0.398. The lowest BCUT2D eigenvalue weighted by Gasteiger charge is -2.29. The first-order chi connectivity index (χ1) is 19.4. The molecular weight excluding hydrogens is 572 g/mol. The summed E-state index contributed by atoms with van der Waals surface area (Å²) in [6.07, 6.45) is 4.34. The van der Waals surface area contributed by atoms with Crippen LogP contribution in [0.3, 0.4) is 0 Å². The van der Waals surface area contributed by atoms with Gasteiger partial charge in [0.15, 0.2) is 0 Å². The highest BCUT2D eigenvalue weighted by Crippen LogP contribution is 2.25. The molecule has 0 aliphatic carbocycles. The van der Waals surface area contributed by atoms with E-state index < -0.39 is 0 Å². The molecule has 5 aromatic rings. The number of hydrogen-bond acceptors (Lipinski definition) is 5. The Morgan fingerprint density at radius 2 is 1.77 bits per heavy atom. The van der Waals surface area contributed by atoms with Crippen molar-refractivity contribution in [3.63, 3.8) is 0 Å². The van der Waals surface area contributed by atoms with E-state index in [0.29, 0.717) is 53.2 Å². The van der Waals surface area contributed by atoms with Crippen molar-refractivity contribution in [2.75, 3.05) is 13.6 Å². The Bertz CT molecular complexity index is 1790. The summed E-state index contributed by atoms with van der Waals surface area (Å²) in [5.41, 5.74) is 5.23. The summed E-state index contributed by atoms with van der Waals surface area (Å²) in [6, 6.07) is 20.4. The van der Waals surface area contributed by atoms with Gasteiger partial charge >= 0.3 is 0 Å². The third-order valence-corrected chi connectivity index (χ3v) is 7.62. The molecule has 9 nitrogen and oxygen atoms in total. The van der Waals surface area contributed by atoms with Crippen LogP contribution < -0.4 is 10.9 Å². The monoisotopic (exact) mass is 596 g/mol. The molecule has 0 saturated heterocycles. The highest BCUT2D eigenvalue weighted by molar-refractivity contribution is 9.10. The fourth-order valence-corrected chi connectivity index (χ4v) is 5.37. The average Bonchev–Trinajstić information content (AvgIpc) is 3.40. The largest absolute Gasteiger partial charge is 0.355 e. The number of carbonyl (C=O) groups excluding carboxylic acids is 2. The molecule has 3 aromatic heterocycles. The van der Waals surface area contributed by atoms with Gasteiger partial charge in [-0.25, -0.2) is 9.50 Å². The smallest absolute Gasteiger partial charge is 0.272 e. The van der Waals surface area contributed by atoms with Gasteiger partial charge < -0.3 is 10.2 Å². The van der Waals surface area contributed by atoms with Crippen molar-refractivity contribution in [2.45, 2.75) is 19.4 Å². The maximum Gasteiger partial charge on any atom is 0.272 e. The highest BCUT2D eigenvalue weighted by Gasteiger charge is 2.29. The SMILES string of the molecule is CNC(=O)c1ccc(-n2c(=O)c3c(n4ncc(Cc5ccccc5)c24)CN(C(=O)c2ccc(Br)cn2)CC3)cc1. The zero-order valence-corrected chi connectivity index (χ0v) is 23.3. The van der Waals surface area contributed by atoms with Crippen LogP contribution in [0.2, 0.25) is 0 Å². The molecule has 1 aliphatic rings. The second kappa shape index (κ2) is 10.5. The van der Waals surface area contributed by atoms with Crippen molar-refractivity contribution in [2.24, 2.45) is 0 Å². The van der Waals surface area contributed by atoms with Crippen LogP contribution >= 0.6 is 15.9 Å². The van der Waals surface area contributed by atoms with Crippen molar-refractivity contribution in [3.8, 4) is 5.69 Å². The fourth-order valence-electron chi connectivity index (χ4n) is 5.14. The Morgan fingerprint density at radius 1 is 1.00 bits per heavy atom. The van der Waals surface area contributed by atoms with Gasteiger partial charge in [-0.15, -0.1) is 0 Å². The molecule has 0 radical (unpaired) electrons. The Kier molecular flexibility index (Phi) is 6.77. The van der Waals surface area contributed by atoms with Gasteiger partial charge in [0.2, 0.25) is 0 Å². The standard InChI is InChI=1S/C30H25BrN6O3/c1-32-27(38)20-7-10-23(11-8-20)36-28-21(15-19-5-3-2-4-6-19)16-34-37(28)26-18-35(14-13-24(26)29(36)39)30(40)25-12-9-22(31)17-33-25/h2-12,16-17H,13-15,18H2,1H3,(H,32,38). The van der Waals surface area contributed by atoms with Crippen molar-refractivity contribution in [1.29, 1.82) is 0 Å². The molecule has 40 heavy (non-hydrogen) atoms. The van der Waals surface area contributed by atoms with E-state index in [1.54, 1.807) is 69.8 Å². The van der Waals surface area contributed by atoms with Crippen LogP contribution in [0.25, 0.3) is 11.3 Å². The lowest BCUT2D eigenvalue weighted by Crippen LogP contribution is -2.41. The lowest BCUT2D eigenvalue weighted by atomic mass is 10.0. The van der Waals surface area contributed by atoms with Crippen LogP contribution in [0.4, 0.5) is 0 Å². The predicted molar refractivity (Wildman–Crippen MR) is 154 cm³/mol. The minimum absolute atomic E-state index is 0.154. The Morgan fingerprint density at radius 3 is 2.48 bits per heavy atom. The van der Waals surface area contributed by atoms with E-state index in [9.17, 15) is 14.4 Å². The van der Waals surface area contributed by atoms with E-state index in [-0.39, 0.29) is 23.9 Å². The molecular formula is C30H25BrN6O3. The van der Waals surface area contributed by atoms with Gasteiger partial charge in [0.05, 0.1) is 24.1 Å². The highest BCUT2D eigenvalue weighted by atomic mass is 79.9. The fraction of sp³-hybridized carbons (Fsp3) is 0.167. The van der Waals surface area contributed by atoms with E-state index in [1.165, 1.54) is 0 Å². The van der Waals surface area contributed by atoms with Gasteiger partial charge in [0.1, 0.15) is 11.3 Å². The van der Waals surface area contributed by atoms with E-state index in [2.05, 4.69) is 26.2 Å². The number of carbonyl (C=O) groups is 2. The number of rotatable bonds is 5. The summed E-state index contributed by atoms with van der Waals surface area (Å²) < 4.78 is 4.25. The van der Waals surface area contributed by atoms with Crippen LogP contribution in [0.15, 0.2) is 88.4 Å². The molecule has 0 atom stereocenters. The predicted octanol–water partition coefficient (Wildman–Crippen LogP) is 3.79. The molecule has 2 aromatic carbocycles. The summed E-state index contributed by atoms with van der Waals surface area (Å²) in [5, 5.41) is 7.35. The van der Waals surface area contributed by atoms with E-state index in [4.69, 9.17) is 5.10 Å². The van der Waals surface area contributed by atoms with Gasteiger partial charge in [-0.1, -0.05) is 30.3 Å². The Balaban J connectivity index is 1.49. The van der Waals surface area contributed by atoms with Crippen LogP contribution in [0.1, 0.15) is 43.2 Å². The van der Waals surface area contributed by atoms with Crippen molar-refractivity contribution >= 4 is 33.4 Å². The first kappa shape index (κ1) is 25.7. The lowest BCUT2D eigenvalue weighted by molar-refractivity contribution is 0.0723. The first-order valence-electron chi connectivity index (χ1n) is 12.8. The molecule has 0 fully saturated rings. The number of aromatic nitrogens is 4. The van der Waals surface area contributed by atoms with Crippen molar-refractivity contribution in [1.82, 2.24) is 29.4 Å². The van der Waals surface area contributed by atoms with Crippen LogP contribution in [0, 0.1) is 0 Å². The van der Waals surface area contributed by atoms with Crippen molar-refractivity contribution in [3.05, 3.63) is 128 Å². The number of pyridine rings is 1. The molecule has 10 heteroatoms. The van der Waals surface area contributed by atoms with E-state index >= 15 is 0 Å². The molecule has 6 rings (SSSR count). The van der Waals surface area contributed by atoms with Gasteiger partial charge in [-0.05, 0) is 64.3 Å². The van der Waals surface area contributed by atoms with E-state index in [1.807, 2.05) is 30.3 Å². The van der Waals surface area contributed by atoms with Crippen molar-refractivity contribution < 1.29 is 9.59 Å². The minimum atomic E-state index is -0.200. The van der Waals surface area contributed by atoms with Crippen LogP contribution in [0.5, 0.6) is 0 Å². The summed E-state index contributed by atoms with van der Waals surface area (Å²) in [7, 11) is 1.58. The number of fused-ring (bicyclic) bond motifs is 3. The van der Waals surface area contributed by atoms with Gasteiger partial charge in [-0.3, -0.25) is 19.0 Å². The van der Waals surface area contributed by atoms with E-state index in [0.717, 1.165) is 15.6 Å². The molecule has 0 spiro atoms. The second-order valence-corrected chi connectivity index (χ2v) is 10.5. The van der Waals surface area contributed by atoms with Gasteiger partial charge in [0, 0.05) is 47.4 Å². The number of amides is 2. The topological polar surface area (TPSA) is 102 Å². The average molecular weight is 597 g/mol. The number of benzene rings is 2. The number of hydrogen-bond donors (Lipinski definition) is 1. The molecule has 1 aliphatic heterocycles. The summed E-state index contributed by atoms with van der Waals surface area (Å²) in [6.45, 7) is 0.624. The number of nitrogens with one attached hydrogen (secondary N) is 1. The van der Waals surface area contributed by atoms with Gasteiger partial charge in [0.25, 0.3) is 17.4 Å². The first-order valence-corrected chi connectivity index (χ1v) is 13.6. The Hall–Kier alpha value is -4.57. The summed E-state index contributed by atoms with van der Waals surface area (Å²) >= 11 is 3.36. The quantitative estimate of drug-likeness (QED) is 0.332. The Labute approximate surface area is 238 Å². The third kappa shape index (κ3) is 4.60. The maximum absolute atomic E-state index is 14.1. The number of halogens is 1. The maximum atomic E-state index is 14.1. The normalized spacial score (nSPS) is 12.8. The minimum Gasteiger partial charge on any atom is -0.355 e. The molecule has 1 N–H and O–H groups in total. The van der Waals surface area contributed by atoms with Crippen LogP contribution in [-0.4, -0.2) is 49.5 Å². The molecule has 4 heterocycles. The second-order valence-electron chi connectivity index (χ2n) is 9.60. The molecule has 0 saturated carbocycles. The van der Waals surface area contributed by atoms with Crippen LogP contribution in [-0.2, 0) is 19.4 Å². The summed E-state index contributed by atoms with van der Waals surface area (Å²) in [4.78, 5) is 45.5.